The van der Waals surface area contributed by atoms with Gasteiger partial charge in [0.25, 0.3) is 0 Å². The van der Waals surface area contributed by atoms with E-state index >= 15 is 0 Å². The summed E-state index contributed by atoms with van der Waals surface area (Å²) in [6, 6.07) is 0. The van der Waals surface area contributed by atoms with Crippen molar-refractivity contribution in [2.24, 2.45) is 0 Å². The van der Waals surface area contributed by atoms with Crippen molar-refractivity contribution in [2.45, 2.75) is 347 Å². The molecule has 4 N–H and O–H groups in total. The van der Waals surface area contributed by atoms with Crippen LogP contribution in [0.4, 0.5) is 0 Å². The molecule has 0 aliphatic carbocycles. The second kappa shape index (κ2) is 67.2. The van der Waals surface area contributed by atoms with E-state index in [-0.39, 0.29) is 19.3 Å². The molecule has 0 bridgehead atoms. The molecule has 0 saturated heterocycles. The quantitative estimate of drug-likeness (QED) is 0.0146. The zero-order valence-corrected chi connectivity index (χ0v) is 59.6. The van der Waals surface area contributed by atoms with Crippen molar-refractivity contribution < 1.29 is 75.8 Å². The summed E-state index contributed by atoms with van der Waals surface area (Å²) in [6.45, 7) is 2.59. The van der Waals surface area contributed by atoms with Gasteiger partial charge in [-0.15, -0.1) is 0 Å². The van der Waals surface area contributed by atoms with Crippen molar-refractivity contribution in [1.82, 2.24) is 0 Å². The van der Waals surface area contributed by atoms with Crippen LogP contribution in [-0.2, 0) is 55.8 Å². The molecule has 0 aliphatic heterocycles. The van der Waals surface area contributed by atoms with Crippen LogP contribution in [0.25, 0.3) is 0 Å². The smallest absolute Gasteiger partial charge is 0.463 e. The third-order valence-corrected chi connectivity index (χ3v) is 17.7. The predicted molar refractivity (Wildman–Crippen MR) is 372 cm³/mol. The van der Waals surface area contributed by atoms with E-state index in [1.54, 1.807) is 0 Å². The van der Waals surface area contributed by atoms with Crippen molar-refractivity contribution in [1.29, 1.82) is 0 Å². The molecular formula is C73H134O16P2. The predicted octanol–water partition coefficient (Wildman–Crippen LogP) is 20.5. The Bertz CT molecular complexity index is 1910. The maximum absolute atomic E-state index is 12.8. The molecule has 0 aromatic rings. The molecule has 0 fully saturated rings. The topological polar surface area (TPSA) is 231 Å². The third-order valence-electron chi connectivity index (χ3n) is 15.8. The lowest BCUT2D eigenvalue weighted by Crippen LogP contribution is -2.30. The van der Waals surface area contributed by atoms with Crippen molar-refractivity contribution in [3.05, 3.63) is 60.8 Å². The Kier molecular flexibility index (Phi) is 65.2. The minimum Gasteiger partial charge on any atom is -0.463 e. The highest BCUT2D eigenvalue weighted by Gasteiger charge is 2.29. The molecule has 5 unspecified atom stereocenters. The van der Waals surface area contributed by atoms with Crippen molar-refractivity contribution in [3.63, 3.8) is 0 Å². The van der Waals surface area contributed by atoms with Crippen LogP contribution < -0.4 is 0 Å². The monoisotopic (exact) mass is 1330 g/mol. The van der Waals surface area contributed by atoms with Crippen molar-refractivity contribution >= 4 is 33.6 Å². The number of aliphatic hydroxyl groups excluding tert-OH is 2. The van der Waals surface area contributed by atoms with Gasteiger partial charge in [-0.3, -0.25) is 32.5 Å². The lowest BCUT2D eigenvalue weighted by Gasteiger charge is -2.21. The SMILES string of the molecule is CC/C=C\C/C=C\C/C=C\C/C=C\C/C=C\CCCCCCCCCCCCCCCCCC(=O)OCC(O)COP(=O)(O)OCC(O)COP(=O)(O)OCC(COC(=O)CCCCCCCCCCCCCCC)OC(=O)CCCCCCCCCCCCC. The minimum absolute atomic E-state index is 0.113. The molecule has 0 heterocycles. The third kappa shape index (κ3) is 68.4. The highest BCUT2D eigenvalue weighted by molar-refractivity contribution is 7.47. The molecule has 0 saturated carbocycles. The molecule has 16 nitrogen and oxygen atoms in total. The average Bonchev–Trinajstić information content (AvgIpc) is 3.61. The summed E-state index contributed by atoms with van der Waals surface area (Å²) in [5.74, 6) is -1.55. The number of hydrogen-bond acceptors (Lipinski definition) is 14. The van der Waals surface area contributed by atoms with Gasteiger partial charge < -0.3 is 34.2 Å². The molecule has 0 radical (unpaired) electrons. The molecule has 532 valence electrons. The summed E-state index contributed by atoms with van der Waals surface area (Å²) in [5.41, 5.74) is 0. The van der Waals surface area contributed by atoms with Gasteiger partial charge in [-0.2, -0.15) is 0 Å². The molecule has 0 rings (SSSR count). The summed E-state index contributed by atoms with van der Waals surface area (Å²) in [6.07, 6.45) is 70.1. The van der Waals surface area contributed by atoms with Crippen molar-refractivity contribution in [2.75, 3.05) is 39.6 Å². The number of allylic oxidation sites excluding steroid dienone is 10. The van der Waals surface area contributed by atoms with Gasteiger partial charge in [0.15, 0.2) is 6.10 Å². The first-order chi connectivity index (χ1) is 44.2. The summed E-state index contributed by atoms with van der Waals surface area (Å²) < 4.78 is 60.9. The van der Waals surface area contributed by atoms with Crippen LogP contribution in [0.15, 0.2) is 60.8 Å². The van der Waals surface area contributed by atoms with E-state index in [9.17, 15) is 43.5 Å². The lowest BCUT2D eigenvalue weighted by atomic mass is 10.0. The van der Waals surface area contributed by atoms with Crippen LogP contribution in [-0.4, -0.2) is 95.9 Å². The van der Waals surface area contributed by atoms with Crippen molar-refractivity contribution in [3.8, 4) is 0 Å². The number of hydrogen-bond donors (Lipinski definition) is 4. The summed E-state index contributed by atoms with van der Waals surface area (Å²) in [4.78, 5) is 58.3. The Hall–Kier alpha value is -2.75. The van der Waals surface area contributed by atoms with Gasteiger partial charge in [0.05, 0.1) is 26.4 Å². The second-order valence-corrected chi connectivity index (χ2v) is 27.6. The van der Waals surface area contributed by atoms with E-state index in [1.165, 1.54) is 173 Å². The Morgan fingerprint density at radius 1 is 0.319 bits per heavy atom. The highest BCUT2D eigenvalue weighted by atomic mass is 31.2. The van der Waals surface area contributed by atoms with Gasteiger partial charge in [-0.05, 0) is 64.2 Å². The first-order valence-corrected chi connectivity index (χ1v) is 39.6. The summed E-state index contributed by atoms with van der Waals surface area (Å²) in [5, 5.41) is 20.6. The number of esters is 3. The fourth-order valence-electron chi connectivity index (χ4n) is 10.2. The number of ether oxygens (including phenoxy) is 3. The minimum atomic E-state index is -4.91. The molecule has 0 aromatic heterocycles. The van der Waals surface area contributed by atoms with E-state index in [0.29, 0.717) is 19.3 Å². The van der Waals surface area contributed by atoms with Crippen LogP contribution in [0, 0.1) is 0 Å². The highest BCUT2D eigenvalue weighted by Crippen LogP contribution is 2.45. The number of rotatable bonds is 70. The van der Waals surface area contributed by atoms with Gasteiger partial charge in [-0.25, -0.2) is 9.13 Å². The maximum Gasteiger partial charge on any atom is 0.472 e. The van der Waals surface area contributed by atoms with Crippen LogP contribution in [0.3, 0.4) is 0 Å². The van der Waals surface area contributed by atoms with Crippen LogP contribution in [0.1, 0.15) is 329 Å². The number of phosphoric acid groups is 2. The number of phosphoric ester groups is 2. The first-order valence-electron chi connectivity index (χ1n) is 36.6. The van der Waals surface area contributed by atoms with E-state index in [0.717, 1.165) is 96.3 Å². The molecular weight excluding hydrogens is 1190 g/mol. The standard InChI is InChI=1S/C73H134O16P2/c1-4-7-10-13-16-19-22-24-25-26-27-28-29-30-31-32-33-34-35-36-37-38-39-40-41-43-46-47-50-53-56-59-71(76)83-62-68(74)63-85-90(79,80)86-64-69(75)65-87-91(81,82)88-67-70(89-73(78)61-58-55-52-49-44-21-18-15-12-9-6-3)66-84-72(77)60-57-54-51-48-45-42-23-20-17-14-11-8-5-2/h7,10,16,19,24-25,27-28,30-31,68-70,74-75H,4-6,8-9,11-15,17-18,20-23,26,29,32-67H2,1-3H3,(H,79,80)(H,81,82)/b10-7-,19-16-,25-24-,28-27-,31-30-. The fraction of sp³-hybridized carbons (Fsp3) is 0.822. The van der Waals surface area contributed by atoms with Gasteiger partial charge in [0.2, 0.25) is 0 Å². The van der Waals surface area contributed by atoms with Crippen LogP contribution >= 0.6 is 15.6 Å². The summed E-state index contributed by atoms with van der Waals surface area (Å²) in [7, 11) is -9.75. The lowest BCUT2D eigenvalue weighted by molar-refractivity contribution is -0.161. The van der Waals surface area contributed by atoms with Crippen LogP contribution in [0.5, 0.6) is 0 Å². The van der Waals surface area contributed by atoms with E-state index in [4.69, 9.17) is 32.3 Å². The Morgan fingerprint density at radius 2 is 0.582 bits per heavy atom. The molecule has 0 spiro atoms. The van der Waals surface area contributed by atoms with E-state index < -0.39 is 91.5 Å². The molecule has 5 atom stereocenters. The van der Waals surface area contributed by atoms with Crippen LogP contribution in [0.2, 0.25) is 0 Å². The zero-order valence-electron chi connectivity index (χ0n) is 57.8. The Morgan fingerprint density at radius 3 is 0.923 bits per heavy atom. The van der Waals surface area contributed by atoms with Gasteiger partial charge in [0.1, 0.15) is 25.4 Å². The normalized spacial score (nSPS) is 14.5. The maximum atomic E-state index is 12.8. The second-order valence-electron chi connectivity index (χ2n) is 24.7. The molecule has 0 aliphatic rings. The molecule has 18 heteroatoms. The Balaban J connectivity index is 4.31. The summed E-state index contributed by atoms with van der Waals surface area (Å²) >= 11 is 0. The zero-order chi connectivity index (χ0) is 66.7. The number of aliphatic hydroxyl groups is 2. The number of carbonyl (C=O) groups is 3. The van der Waals surface area contributed by atoms with Gasteiger partial charge >= 0.3 is 33.6 Å². The average molecular weight is 1330 g/mol. The molecule has 91 heavy (non-hydrogen) atoms. The number of carbonyl (C=O) groups excluding carboxylic acids is 3. The first kappa shape index (κ1) is 88.2. The number of unbranched alkanes of at least 4 members (excludes halogenated alkanes) is 37. The molecule has 0 amide bonds. The van der Waals surface area contributed by atoms with E-state index in [1.807, 2.05) is 0 Å². The van der Waals surface area contributed by atoms with Gasteiger partial charge in [0, 0.05) is 19.3 Å². The van der Waals surface area contributed by atoms with Gasteiger partial charge in [-0.1, -0.05) is 306 Å². The largest absolute Gasteiger partial charge is 0.472 e. The fourth-order valence-corrected chi connectivity index (χ4v) is 11.8. The van der Waals surface area contributed by atoms with E-state index in [2.05, 4.69) is 81.5 Å². The molecule has 0 aromatic carbocycles. The Labute approximate surface area is 554 Å².